The van der Waals surface area contributed by atoms with Gasteiger partial charge in [0, 0.05) is 19.0 Å². The van der Waals surface area contributed by atoms with Crippen LogP contribution in [0.4, 0.5) is 19.4 Å². The minimum Gasteiger partial charge on any atom is -0.396 e. The summed E-state index contributed by atoms with van der Waals surface area (Å²) in [5, 5.41) is 17.0. The van der Waals surface area contributed by atoms with Crippen molar-refractivity contribution in [2.45, 2.75) is 17.4 Å². The van der Waals surface area contributed by atoms with E-state index in [4.69, 9.17) is 0 Å². The van der Waals surface area contributed by atoms with Crippen molar-refractivity contribution in [1.82, 2.24) is 24.5 Å². The molecule has 1 aromatic carbocycles. The number of hydrogen-bond donors (Lipinski definition) is 1. The number of rotatable bonds is 6. The lowest BCUT2D eigenvalue weighted by Crippen LogP contribution is -2.11. The summed E-state index contributed by atoms with van der Waals surface area (Å²) in [4.78, 5) is 1.95. The fraction of sp³-hybridized carbons (Fsp3) is 0.214. The molecule has 1 unspecified atom stereocenters. The van der Waals surface area contributed by atoms with Gasteiger partial charge in [-0.2, -0.15) is 0 Å². The molecule has 0 bridgehead atoms. The van der Waals surface area contributed by atoms with E-state index in [-0.39, 0.29) is 18.3 Å². The van der Waals surface area contributed by atoms with E-state index in [2.05, 4.69) is 15.3 Å². The second-order valence-corrected chi connectivity index (χ2v) is 8.00. The van der Waals surface area contributed by atoms with Crippen LogP contribution in [0.2, 0.25) is 0 Å². The van der Waals surface area contributed by atoms with Crippen molar-refractivity contribution in [3.05, 3.63) is 54.9 Å². The monoisotopic (exact) mass is 395 g/mol. The summed E-state index contributed by atoms with van der Waals surface area (Å²) in [6.07, 6.45) is 6.52. The van der Waals surface area contributed by atoms with Crippen molar-refractivity contribution in [3.8, 4) is 5.69 Å². The maximum absolute atomic E-state index is 12.8. The van der Waals surface area contributed by atoms with Crippen LogP contribution in [0, 0.1) is 0 Å². The topological polar surface area (TPSA) is 68.8 Å². The predicted octanol–water partition coefficient (Wildman–Crippen LogP) is 4.09. The summed E-state index contributed by atoms with van der Waals surface area (Å²) in [5.74, 6) is 0. The molecule has 26 heavy (non-hydrogen) atoms. The number of aliphatic hydroxyl groups is 1. The van der Waals surface area contributed by atoms with E-state index in [1.54, 1.807) is 17.0 Å². The molecule has 0 amide bonds. The zero-order chi connectivity index (χ0) is 19.1. The van der Waals surface area contributed by atoms with Crippen LogP contribution in [0.15, 0.2) is 54.1 Å². The van der Waals surface area contributed by atoms with E-state index in [0.29, 0.717) is 24.2 Å². The van der Waals surface area contributed by atoms with Crippen LogP contribution in [0.5, 0.6) is 0 Å². The molecular weight excluding hydrogens is 381 g/mol. The van der Waals surface area contributed by atoms with Crippen LogP contribution < -0.4 is 0 Å². The van der Waals surface area contributed by atoms with Crippen molar-refractivity contribution >= 4 is 10.2 Å². The fourth-order valence-corrected chi connectivity index (χ4v) is 3.09. The van der Waals surface area contributed by atoms with Gasteiger partial charge in [-0.25, -0.2) is 9.67 Å². The Morgan fingerprint density at radius 1 is 1.08 bits per heavy atom. The Balaban J connectivity index is 1.91. The molecular formula is C14H14F5N5OS. The molecule has 0 spiro atoms. The van der Waals surface area contributed by atoms with Crippen molar-refractivity contribution in [2.24, 2.45) is 0 Å². The molecule has 0 fully saturated rings. The molecule has 3 rings (SSSR count). The Labute approximate surface area is 144 Å². The SMILES string of the molecule is OCCC(c1cn(-c2ccc(S(F)(F)(F)(F)F)cc2)nn1)n1ccnc1. The Morgan fingerprint density at radius 2 is 1.77 bits per heavy atom. The first-order chi connectivity index (χ1) is 12.0. The third-order valence-corrected chi connectivity index (χ3v) is 4.85. The summed E-state index contributed by atoms with van der Waals surface area (Å²) in [6, 6.07) is 2.05. The molecule has 2 heterocycles. The molecule has 0 aliphatic rings. The number of imidazole rings is 1. The summed E-state index contributed by atoms with van der Waals surface area (Å²) in [5.41, 5.74) is 0.580. The van der Waals surface area contributed by atoms with Gasteiger partial charge in [0.1, 0.15) is 10.6 Å². The van der Waals surface area contributed by atoms with Crippen LogP contribution in [0.1, 0.15) is 18.2 Å². The molecule has 0 aliphatic heterocycles. The van der Waals surface area contributed by atoms with E-state index in [1.165, 1.54) is 17.2 Å². The van der Waals surface area contributed by atoms with Crippen LogP contribution >= 0.6 is 10.2 Å². The van der Waals surface area contributed by atoms with Gasteiger partial charge in [-0.05, 0) is 30.7 Å². The fourth-order valence-electron chi connectivity index (χ4n) is 2.44. The standard InChI is InChI=1S/C14H14F5N5OS/c15-26(16,17,18,19)12-3-1-11(2-4-12)24-9-13(21-22-24)14(5-8-25)23-7-6-20-10-23/h1-4,6-7,9-10,14,25H,5,8H2. The van der Waals surface area contributed by atoms with Gasteiger partial charge in [-0.3, -0.25) is 0 Å². The summed E-state index contributed by atoms with van der Waals surface area (Å²) < 4.78 is 66.7. The normalized spacial score (nSPS) is 16.1. The molecule has 1 atom stereocenters. The van der Waals surface area contributed by atoms with E-state index < -0.39 is 15.1 Å². The molecule has 12 heteroatoms. The number of nitrogens with zero attached hydrogens (tertiary/aromatic N) is 5. The second kappa shape index (κ2) is 5.51. The highest BCUT2D eigenvalue weighted by atomic mass is 32.5. The van der Waals surface area contributed by atoms with Crippen molar-refractivity contribution in [2.75, 3.05) is 6.61 Å². The average molecular weight is 395 g/mol. The highest BCUT2D eigenvalue weighted by molar-refractivity contribution is 8.45. The average Bonchev–Trinajstić information content (AvgIpc) is 3.22. The van der Waals surface area contributed by atoms with Gasteiger partial charge < -0.3 is 9.67 Å². The van der Waals surface area contributed by atoms with E-state index in [9.17, 15) is 24.5 Å². The maximum Gasteiger partial charge on any atom is 0.310 e. The minimum absolute atomic E-state index is 0.131. The van der Waals surface area contributed by atoms with Gasteiger partial charge in [-0.1, -0.05) is 24.6 Å². The molecule has 0 saturated heterocycles. The van der Waals surface area contributed by atoms with Crippen LogP contribution in [0.3, 0.4) is 0 Å². The first-order valence-electron chi connectivity index (χ1n) is 7.33. The van der Waals surface area contributed by atoms with E-state index >= 15 is 0 Å². The summed E-state index contributed by atoms with van der Waals surface area (Å²) in [6.45, 7) is -0.131. The zero-order valence-electron chi connectivity index (χ0n) is 13.1. The van der Waals surface area contributed by atoms with Crippen molar-refractivity contribution in [1.29, 1.82) is 0 Å². The van der Waals surface area contributed by atoms with Gasteiger partial charge in [0.2, 0.25) is 0 Å². The Kier molecular flexibility index (Phi) is 3.88. The highest BCUT2D eigenvalue weighted by Gasteiger charge is 2.65. The van der Waals surface area contributed by atoms with Crippen molar-refractivity contribution in [3.63, 3.8) is 0 Å². The number of aromatic nitrogens is 5. The Morgan fingerprint density at radius 3 is 2.31 bits per heavy atom. The zero-order valence-corrected chi connectivity index (χ0v) is 13.9. The molecule has 2 aromatic heterocycles. The van der Waals surface area contributed by atoms with Crippen LogP contribution in [-0.4, -0.2) is 36.3 Å². The van der Waals surface area contributed by atoms with Gasteiger partial charge in [0.05, 0.1) is 24.3 Å². The lowest BCUT2D eigenvalue weighted by Gasteiger charge is -2.40. The third-order valence-electron chi connectivity index (χ3n) is 3.69. The van der Waals surface area contributed by atoms with Gasteiger partial charge >= 0.3 is 10.2 Å². The van der Waals surface area contributed by atoms with E-state index in [1.807, 2.05) is 0 Å². The molecule has 1 N–H and O–H groups in total. The number of halogens is 5. The predicted molar refractivity (Wildman–Crippen MR) is 84.8 cm³/mol. The first kappa shape index (κ1) is 18.3. The molecule has 142 valence electrons. The lowest BCUT2D eigenvalue weighted by molar-refractivity contribution is 0.266. The Bertz CT molecular complexity index is 893. The van der Waals surface area contributed by atoms with Gasteiger partial charge in [-0.15, -0.1) is 5.10 Å². The molecule has 0 aliphatic carbocycles. The van der Waals surface area contributed by atoms with Gasteiger partial charge in [0.15, 0.2) is 0 Å². The maximum atomic E-state index is 12.8. The first-order valence-corrected chi connectivity index (χ1v) is 9.28. The van der Waals surface area contributed by atoms with Gasteiger partial charge in [0.25, 0.3) is 0 Å². The third kappa shape index (κ3) is 3.85. The quantitative estimate of drug-likeness (QED) is 0.639. The van der Waals surface area contributed by atoms with Crippen LogP contribution in [0.25, 0.3) is 5.69 Å². The molecule has 0 saturated carbocycles. The summed E-state index contributed by atoms with van der Waals surface area (Å²) >= 11 is 0. The smallest absolute Gasteiger partial charge is 0.310 e. The molecule has 0 radical (unpaired) electrons. The lowest BCUT2D eigenvalue weighted by atomic mass is 10.1. The second-order valence-electron chi connectivity index (χ2n) is 5.59. The summed E-state index contributed by atoms with van der Waals surface area (Å²) in [7, 11) is -9.71. The number of hydrogen-bond acceptors (Lipinski definition) is 4. The minimum atomic E-state index is -9.71. The molecule has 6 nitrogen and oxygen atoms in total. The van der Waals surface area contributed by atoms with E-state index in [0.717, 1.165) is 12.1 Å². The van der Waals surface area contributed by atoms with Crippen molar-refractivity contribution < 1.29 is 24.5 Å². The highest BCUT2D eigenvalue weighted by Crippen LogP contribution is 3.02. The molecule has 3 aromatic rings. The van der Waals surface area contributed by atoms with Crippen LogP contribution in [-0.2, 0) is 0 Å². The Hall–Kier alpha value is -2.47. The number of benzene rings is 1. The number of aliphatic hydroxyl groups excluding tert-OH is 1. The largest absolute Gasteiger partial charge is 0.396 e.